The van der Waals surface area contributed by atoms with Gasteiger partial charge in [0.2, 0.25) is 0 Å². The zero-order valence-electron chi connectivity index (χ0n) is 25.0. The van der Waals surface area contributed by atoms with Gasteiger partial charge >= 0.3 is 5.97 Å². The van der Waals surface area contributed by atoms with Crippen molar-refractivity contribution in [2.45, 2.75) is 13.0 Å². The van der Waals surface area contributed by atoms with E-state index < -0.39 is 22.5 Å². The summed E-state index contributed by atoms with van der Waals surface area (Å²) in [6.07, 6.45) is 1.56. The number of methoxy groups -OCH3 is 2. The molecule has 232 valence electrons. The number of hydrogen-bond donors (Lipinski definition) is 0. The number of hydrogen-bond acceptors (Lipinski definition) is 10. The van der Waals surface area contributed by atoms with Crippen LogP contribution in [0.15, 0.2) is 105 Å². The number of esters is 1. The summed E-state index contributed by atoms with van der Waals surface area (Å²) < 4.78 is 24.2. The van der Waals surface area contributed by atoms with Crippen LogP contribution in [0.4, 0.5) is 5.69 Å². The first-order valence-electron chi connectivity index (χ1n) is 14.2. The highest BCUT2D eigenvalue weighted by atomic mass is 32.1. The summed E-state index contributed by atoms with van der Waals surface area (Å²) in [6, 6.07) is 23.0. The predicted molar refractivity (Wildman–Crippen MR) is 171 cm³/mol. The lowest BCUT2D eigenvalue weighted by Gasteiger charge is -2.26. The van der Waals surface area contributed by atoms with E-state index in [1.165, 1.54) is 24.9 Å². The normalized spacial score (nSPS) is 14.4. The van der Waals surface area contributed by atoms with Crippen molar-refractivity contribution in [1.82, 2.24) is 4.57 Å². The lowest BCUT2D eigenvalue weighted by atomic mass is 9.93. The van der Waals surface area contributed by atoms with Gasteiger partial charge in [0.05, 0.1) is 53.2 Å². The molecule has 0 radical (unpaired) electrons. The van der Waals surface area contributed by atoms with Gasteiger partial charge in [-0.15, -0.1) is 0 Å². The van der Waals surface area contributed by atoms with Gasteiger partial charge in [0.15, 0.2) is 16.3 Å². The zero-order valence-corrected chi connectivity index (χ0v) is 25.8. The summed E-state index contributed by atoms with van der Waals surface area (Å²) in [5.74, 6) is 0.886. The molecule has 3 heterocycles. The minimum Gasteiger partial charge on any atom is -0.493 e. The number of rotatable bonds is 9. The predicted octanol–water partition coefficient (Wildman–Crippen LogP) is 5.12. The van der Waals surface area contributed by atoms with Gasteiger partial charge < -0.3 is 18.6 Å². The highest BCUT2D eigenvalue weighted by molar-refractivity contribution is 7.07. The van der Waals surface area contributed by atoms with Gasteiger partial charge in [-0.3, -0.25) is 19.5 Å². The molecule has 46 heavy (non-hydrogen) atoms. The number of benzene rings is 3. The van der Waals surface area contributed by atoms with Crippen molar-refractivity contribution in [2.24, 2.45) is 4.99 Å². The Morgan fingerprint density at radius 2 is 1.76 bits per heavy atom. The lowest BCUT2D eigenvalue weighted by Crippen LogP contribution is -2.40. The van der Waals surface area contributed by atoms with Crippen LogP contribution in [0.5, 0.6) is 11.5 Å². The molecule has 6 rings (SSSR count). The topological polar surface area (TPSA) is 135 Å². The van der Waals surface area contributed by atoms with Gasteiger partial charge in [0.25, 0.3) is 11.2 Å². The molecule has 1 atom stereocenters. The van der Waals surface area contributed by atoms with E-state index in [4.69, 9.17) is 23.6 Å². The Bertz CT molecular complexity index is 2180. The second kappa shape index (κ2) is 12.7. The van der Waals surface area contributed by atoms with E-state index in [1.807, 2.05) is 30.3 Å². The second-order valence-corrected chi connectivity index (χ2v) is 11.0. The fourth-order valence-electron chi connectivity index (χ4n) is 5.32. The van der Waals surface area contributed by atoms with Crippen LogP contribution in [0, 0.1) is 10.1 Å². The van der Waals surface area contributed by atoms with Crippen LogP contribution in [-0.2, 0) is 9.53 Å². The number of carbonyl (C=O) groups is 1. The van der Waals surface area contributed by atoms with Crippen molar-refractivity contribution in [3.63, 3.8) is 0 Å². The molecule has 0 fully saturated rings. The molecule has 11 nitrogen and oxygen atoms in total. The van der Waals surface area contributed by atoms with E-state index in [0.717, 1.165) is 11.3 Å². The number of thiazole rings is 1. The number of nitro groups is 1. The van der Waals surface area contributed by atoms with Crippen molar-refractivity contribution >= 4 is 34.8 Å². The second-order valence-electron chi connectivity index (χ2n) is 10.0. The highest BCUT2D eigenvalue weighted by Gasteiger charge is 2.35. The Morgan fingerprint density at radius 1 is 1.02 bits per heavy atom. The number of nitrogens with zero attached hydrogens (tertiary/aromatic N) is 3. The average molecular weight is 638 g/mol. The fourth-order valence-corrected chi connectivity index (χ4v) is 6.31. The number of furan rings is 1. The molecule has 0 unspecified atom stereocenters. The summed E-state index contributed by atoms with van der Waals surface area (Å²) in [7, 11) is 3.03. The molecule has 0 saturated carbocycles. The fraction of sp³-hybridized carbons (Fsp3) is 0.147. The van der Waals surface area contributed by atoms with E-state index in [9.17, 15) is 19.7 Å². The molecule has 0 amide bonds. The molecule has 0 N–H and O–H groups in total. The van der Waals surface area contributed by atoms with Gasteiger partial charge in [0.1, 0.15) is 11.5 Å². The first-order chi connectivity index (χ1) is 22.3. The van der Waals surface area contributed by atoms with Gasteiger partial charge in [-0.05, 0) is 42.8 Å². The minimum absolute atomic E-state index is 0.0994. The number of aromatic nitrogens is 1. The number of nitro benzene ring substituents is 1. The molecule has 0 spiro atoms. The maximum absolute atomic E-state index is 14.2. The zero-order chi connectivity index (χ0) is 32.4. The Labute approximate surface area is 266 Å². The Hall–Kier alpha value is -5.75. The third kappa shape index (κ3) is 5.50. The molecule has 2 aromatic heterocycles. The molecule has 12 heteroatoms. The summed E-state index contributed by atoms with van der Waals surface area (Å²) in [5, 5.41) is 11.6. The Morgan fingerprint density at radius 3 is 2.48 bits per heavy atom. The van der Waals surface area contributed by atoms with Crippen molar-refractivity contribution in [3.05, 3.63) is 137 Å². The van der Waals surface area contributed by atoms with Crippen molar-refractivity contribution in [2.75, 3.05) is 20.8 Å². The standard InChI is InChI=1S/C34H27N3O8S/c1-4-44-33(39)29-30(20-10-6-5-7-11-20)35-34-36(31(29)21-14-16-26(42-2)27(18-21)43-3)32(38)28(46-34)19-22-15-17-25(45-22)23-12-8-9-13-24(23)37(40)41/h5-19,31H,4H2,1-3H3/b28-19-/t31-/m0/s1. The molecule has 0 saturated heterocycles. The van der Waals surface area contributed by atoms with Crippen LogP contribution in [-0.4, -0.2) is 36.3 Å². The largest absolute Gasteiger partial charge is 0.493 e. The first-order valence-corrected chi connectivity index (χ1v) is 15.0. The monoisotopic (exact) mass is 637 g/mol. The van der Waals surface area contributed by atoms with Crippen molar-refractivity contribution < 1.29 is 28.3 Å². The van der Waals surface area contributed by atoms with Gasteiger partial charge in [0, 0.05) is 17.7 Å². The summed E-state index contributed by atoms with van der Waals surface area (Å²) >= 11 is 1.13. The van der Waals surface area contributed by atoms with Crippen LogP contribution in [0.25, 0.3) is 23.1 Å². The first kappa shape index (κ1) is 30.3. The molecule has 0 bridgehead atoms. The summed E-state index contributed by atoms with van der Waals surface area (Å²) in [5.41, 5.74) is 1.62. The van der Waals surface area contributed by atoms with E-state index >= 15 is 0 Å². The Balaban J connectivity index is 1.58. The van der Waals surface area contributed by atoms with E-state index in [1.54, 1.807) is 61.5 Å². The van der Waals surface area contributed by atoms with E-state index in [0.29, 0.717) is 44.4 Å². The molecular formula is C34H27N3O8S. The lowest BCUT2D eigenvalue weighted by molar-refractivity contribution is -0.384. The molecule has 0 aliphatic carbocycles. The highest BCUT2D eigenvalue weighted by Crippen LogP contribution is 2.38. The number of carbonyl (C=O) groups excluding carboxylic acids is 1. The van der Waals surface area contributed by atoms with Gasteiger partial charge in [-0.2, -0.15) is 0 Å². The number of ether oxygens (including phenoxy) is 3. The van der Waals surface area contributed by atoms with Gasteiger partial charge in [-0.1, -0.05) is 59.9 Å². The van der Waals surface area contributed by atoms with Crippen LogP contribution >= 0.6 is 11.3 Å². The molecule has 3 aromatic carbocycles. The molecule has 5 aromatic rings. The third-order valence-electron chi connectivity index (χ3n) is 7.36. The third-order valence-corrected chi connectivity index (χ3v) is 8.35. The van der Waals surface area contributed by atoms with E-state index in [-0.39, 0.29) is 28.2 Å². The van der Waals surface area contributed by atoms with Crippen LogP contribution in [0.1, 0.15) is 29.9 Å². The summed E-state index contributed by atoms with van der Waals surface area (Å²) in [6.45, 7) is 1.83. The Kier molecular flexibility index (Phi) is 8.36. The molecular weight excluding hydrogens is 610 g/mol. The molecule has 1 aliphatic heterocycles. The smallest absolute Gasteiger partial charge is 0.338 e. The number of fused-ring (bicyclic) bond motifs is 1. The van der Waals surface area contributed by atoms with Crippen molar-refractivity contribution in [1.29, 1.82) is 0 Å². The number of para-hydroxylation sites is 1. The molecule has 1 aliphatic rings. The van der Waals surface area contributed by atoms with Gasteiger partial charge in [-0.25, -0.2) is 9.79 Å². The van der Waals surface area contributed by atoms with Crippen molar-refractivity contribution in [3.8, 4) is 22.8 Å². The van der Waals surface area contributed by atoms with Crippen LogP contribution < -0.4 is 24.4 Å². The van der Waals surface area contributed by atoms with Crippen LogP contribution in [0.2, 0.25) is 0 Å². The SMILES string of the molecule is CCOC(=O)C1=C(c2ccccc2)N=c2s/c(=C\c3ccc(-c4ccccc4[N+](=O)[O-])o3)c(=O)n2[C@H]1c1ccc(OC)c(OC)c1. The maximum atomic E-state index is 14.2. The maximum Gasteiger partial charge on any atom is 0.338 e. The average Bonchev–Trinajstić information content (AvgIpc) is 3.67. The quantitative estimate of drug-likeness (QED) is 0.123. The van der Waals surface area contributed by atoms with E-state index in [2.05, 4.69) is 0 Å². The van der Waals surface area contributed by atoms with Crippen LogP contribution in [0.3, 0.4) is 0 Å². The summed E-state index contributed by atoms with van der Waals surface area (Å²) in [4.78, 5) is 44.2. The minimum atomic E-state index is -0.924.